The third-order valence-corrected chi connectivity index (χ3v) is 9.59. The highest BCUT2D eigenvalue weighted by Gasteiger charge is 2.42. The lowest BCUT2D eigenvalue weighted by atomic mass is 9.73. The van der Waals surface area contributed by atoms with E-state index in [-0.39, 0.29) is 5.41 Å². The molecule has 7 aromatic rings. The molecule has 0 saturated heterocycles. The molecule has 0 aliphatic carbocycles. The van der Waals surface area contributed by atoms with Gasteiger partial charge >= 0.3 is 0 Å². The molecule has 0 N–H and O–H groups in total. The van der Waals surface area contributed by atoms with Gasteiger partial charge in [0.15, 0.2) is 11.5 Å². The molecule has 7 aromatic carbocycles. The van der Waals surface area contributed by atoms with Gasteiger partial charge in [0.2, 0.25) is 0 Å². The Morgan fingerprint density at radius 1 is 0.500 bits per heavy atom. The quantitative estimate of drug-likeness (QED) is 0.202. The molecule has 0 unspecified atom stereocenters. The van der Waals surface area contributed by atoms with Crippen molar-refractivity contribution in [3.05, 3.63) is 169 Å². The van der Waals surface area contributed by atoms with Crippen molar-refractivity contribution in [2.45, 2.75) is 19.3 Å². The fourth-order valence-corrected chi connectivity index (χ4v) is 7.33. The Labute approximate surface area is 269 Å². The fraction of sp³-hybridized carbons (Fsp3) is 0.0698. The Bertz CT molecular complexity index is 2260. The van der Waals surface area contributed by atoms with Gasteiger partial charge in [-0.3, -0.25) is 0 Å². The van der Waals surface area contributed by atoms with E-state index in [2.05, 4.69) is 181 Å². The number of nitrogens with zero attached hydrogens (tertiary/aromatic N) is 2. The molecular weight excluding hydrogens is 560 g/mol. The number of hydrogen-bond donors (Lipinski definition) is 0. The summed E-state index contributed by atoms with van der Waals surface area (Å²) in [5.41, 5.74) is 11.3. The minimum Gasteiger partial charge on any atom is -0.453 e. The van der Waals surface area contributed by atoms with E-state index < -0.39 is 0 Å². The van der Waals surface area contributed by atoms with Crippen LogP contribution in [0, 0.1) is 0 Å². The van der Waals surface area contributed by atoms with Crippen LogP contribution in [-0.2, 0) is 5.41 Å². The van der Waals surface area contributed by atoms with Crippen LogP contribution >= 0.6 is 0 Å². The standard InChI is InChI=1S/C43H32N2O/c1-43(2)36-19-11-12-20-38(36)45-41-35-18-10-9-15-31(35)23-26-39(41)46-40-28-34(27-37(43)42(40)45)44(32-16-7-4-8-17-32)33-24-21-30(22-25-33)29-13-5-3-6-14-29/h3-28H,1-2H3. The molecule has 0 radical (unpaired) electrons. The summed E-state index contributed by atoms with van der Waals surface area (Å²) in [6.45, 7) is 4.67. The number of hydrogen-bond acceptors (Lipinski definition) is 3. The highest BCUT2D eigenvalue weighted by Crippen LogP contribution is 2.62. The monoisotopic (exact) mass is 592 g/mol. The number of fused-ring (bicyclic) bond motifs is 6. The molecule has 0 fully saturated rings. The van der Waals surface area contributed by atoms with Crippen LogP contribution in [0.3, 0.4) is 0 Å². The second kappa shape index (κ2) is 10.1. The number of ether oxygens (including phenoxy) is 1. The number of rotatable bonds is 4. The van der Waals surface area contributed by atoms with Gasteiger partial charge in [0.1, 0.15) is 0 Å². The lowest BCUT2D eigenvalue weighted by molar-refractivity contribution is 0.472. The van der Waals surface area contributed by atoms with Crippen LogP contribution in [0.15, 0.2) is 158 Å². The number of para-hydroxylation sites is 2. The van der Waals surface area contributed by atoms with Gasteiger partial charge in [-0.2, -0.15) is 0 Å². The lowest BCUT2D eigenvalue weighted by Gasteiger charge is -2.45. The molecule has 2 aliphatic rings. The zero-order valence-corrected chi connectivity index (χ0v) is 25.8. The molecule has 0 saturated carbocycles. The Hall–Kier alpha value is -5.80. The molecule has 2 aliphatic heterocycles. The minimum absolute atomic E-state index is 0.266. The van der Waals surface area contributed by atoms with E-state index >= 15 is 0 Å². The SMILES string of the molecule is CC1(C)c2ccccc2N2c3c(cc(N(c4ccccc4)c4ccc(-c5ccccc5)cc4)cc31)Oc1ccc3ccccc3c12. The van der Waals surface area contributed by atoms with Gasteiger partial charge in [0.25, 0.3) is 0 Å². The summed E-state index contributed by atoms with van der Waals surface area (Å²) >= 11 is 0. The molecule has 0 aromatic heterocycles. The summed E-state index contributed by atoms with van der Waals surface area (Å²) in [7, 11) is 0. The second-order valence-corrected chi connectivity index (χ2v) is 12.6. The van der Waals surface area contributed by atoms with E-state index in [9.17, 15) is 0 Å². The first-order valence-corrected chi connectivity index (χ1v) is 15.9. The van der Waals surface area contributed by atoms with Crippen molar-refractivity contribution < 1.29 is 4.74 Å². The molecule has 0 bridgehead atoms. The van der Waals surface area contributed by atoms with Crippen LogP contribution in [-0.4, -0.2) is 0 Å². The fourth-order valence-electron chi connectivity index (χ4n) is 7.33. The highest BCUT2D eigenvalue weighted by atomic mass is 16.5. The summed E-state index contributed by atoms with van der Waals surface area (Å²) < 4.78 is 6.91. The van der Waals surface area contributed by atoms with Gasteiger partial charge in [0.05, 0.1) is 22.7 Å². The average molecular weight is 593 g/mol. The smallest absolute Gasteiger partial charge is 0.153 e. The van der Waals surface area contributed by atoms with Crippen LogP contribution in [0.1, 0.15) is 25.0 Å². The van der Waals surface area contributed by atoms with E-state index in [4.69, 9.17) is 4.74 Å². The van der Waals surface area contributed by atoms with Crippen molar-refractivity contribution in [3.63, 3.8) is 0 Å². The predicted octanol–water partition coefficient (Wildman–Crippen LogP) is 12.2. The van der Waals surface area contributed by atoms with Gasteiger partial charge in [0, 0.05) is 28.2 Å². The van der Waals surface area contributed by atoms with E-state index in [0.29, 0.717) is 0 Å². The molecule has 2 heterocycles. The van der Waals surface area contributed by atoms with E-state index in [1.807, 2.05) is 0 Å². The van der Waals surface area contributed by atoms with Crippen molar-refractivity contribution >= 4 is 44.9 Å². The first kappa shape index (κ1) is 26.6. The van der Waals surface area contributed by atoms with Crippen molar-refractivity contribution in [3.8, 4) is 22.6 Å². The third-order valence-electron chi connectivity index (χ3n) is 9.59. The molecule has 0 amide bonds. The lowest BCUT2D eigenvalue weighted by Crippen LogP contribution is -2.32. The number of benzene rings is 7. The molecule has 220 valence electrons. The highest BCUT2D eigenvalue weighted by molar-refractivity contribution is 6.06. The van der Waals surface area contributed by atoms with Gasteiger partial charge in [-0.25, -0.2) is 0 Å². The summed E-state index contributed by atoms with van der Waals surface area (Å²) in [4.78, 5) is 4.78. The van der Waals surface area contributed by atoms with E-state index in [1.54, 1.807) is 0 Å². The van der Waals surface area contributed by atoms with Crippen molar-refractivity contribution in [2.75, 3.05) is 9.80 Å². The Kier molecular flexibility index (Phi) is 5.85. The molecule has 3 heteroatoms. The first-order valence-electron chi connectivity index (χ1n) is 15.9. The Morgan fingerprint density at radius 2 is 1.15 bits per heavy atom. The predicted molar refractivity (Wildman–Crippen MR) is 191 cm³/mol. The van der Waals surface area contributed by atoms with Gasteiger partial charge in [-0.05, 0) is 70.1 Å². The van der Waals surface area contributed by atoms with Crippen molar-refractivity contribution in [2.24, 2.45) is 0 Å². The maximum absolute atomic E-state index is 6.91. The number of anilines is 6. The third kappa shape index (κ3) is 3.98. The topological polar surface area (TPSA) is 15.7 Å². The molecule has 0 atom stereocenters. The van der Waals surface area contributed by atoms with Crippen molar-refractivity contribution in [1.82, 2.24) is 0 Å². The maximum atomic E-state index is 6.91. The molecule has 3 nitrogen and oxygen atoms in total. The van der Waals surface area contributed by atoms with Crippen molar-refractivity contribution in [1.29, 1.82) is 0 Å². The summed E-state index contributed by atoms with van der Waals surface area (Å²) in [6, 6.07) is 56.3. The summed E-state index contributed by atoms with van der Waals surface area (Å²) in [6.07, 6.45) is 0. The minimum atomic E-state index is -0.266. The molecule has 46 heavy (non-hydrogen) atoms. The Balaban J connectivity index is 1.28. The maximum Gasteiger partial charge on any atom is 0.153 e. The normalized spacial score (nSPS) is 13.7. The van der Waals surface area contributed by atoms with Gasteiger partial charge < -0.3 is 14.5 Å². The van der Waals surface area contributed by atoms with Crippen LogP contribution in [0.5, 0.6) is 11.5 Å². The van der Waals surface area contributed by atoms with Crippen LogP contribution in [0.25, 0.3) is 21.9 Å². The molecular formula is C43H32N2O. The molecule has 0 spiro atoms. The van der Waals surface area contributed by atoms with Gasteiger partial charge in [-0.15, -0.1) is 0 Å². The van der Waals surface area contributed by atoms with Crippen LogP contribution in [0.2, 0.25) is 0 Å². The Morgan fingerprint density at radius 3 is 1.96 bits per heavy atom. The van der Waals surface area contributed by atoms with Crippen LogP contribution in [0.4, 0.5) is 34.1 Å². The van der Waals surface area contributed by atoms with E-state index in [0.717, 1.165) is 39.9 Å². The molecule has 9 rings (SSSR count). The second-order valence-electron chi connectivity index (χ2n) is 12.6. The largest absolute Gasteiger partial charge is 0.453 e. The van der Waals surface area contributed by atoms with Gasteiger partial charge in [-0.1, -0.05) is 123 Å². The summed E-state index contributed by atoms with van der Waals surface area (Å²) in [5.74, 6) is 1.72. The summed E-state index contributed by atoms with van der Waals surface area (Å²) in [5, 5.41) is 2.38. The zero-order chi connectivity index (χ0) is 30.8. The average Bonchev–Trinajstić information content (AvgIpc) is 3.11. The zero-order valence-electron chi connectivity index (χ0n) is 25.8. The van der Waals surface area contributed by atoms with Crippen LogP contribution < -0.4 is 14.5 Å². The van der Waals surface area contributed by atoms with E-state index in [1.165, 1.54) is 38.7 Å². The first-order chi connectivity index (χ1) is 22.6.